The number of nitrogens with one attached hydrogen (secondary N) is 1. The Bertz CT molecular complexity index is 625. The van der Waals surface area contributed by atoms with Crippen molar-refractivity contribution in [1.29, 1.82) is 0 Å². The molecular weight excluding hydrogens is 294 g/mol. The van der Waals surface area contributed by atoms with Crippen LogP contribution in [-0.2, 0) is 21.4 Å². The van der Waals surface area contributed by atoms with Crippen LogP contribution in [0, 0.1) is 12.8 Å². The van der Waals surface area contributed by atoms with E-state index in [4.69, 9.17) is 5.84 Å². The molecule has 1 aromatic heterocycles. The molecule has 0 bridgehead atoms. The van der Waals surface area contributed by atoms with Crippen molar-refractivity contribution < 1.29 is 13.2 Å². The maximum absolute atomic E-state index is 12.7. The molecule has 1 aliphatic rings. The minimum atomic E-state index is -3.63. The van der Waals surface area contributed by atoms with Crippen molar-refractivity contribution >= 4 is 15.9 Å². The standard InChI is InChI=1S/C12H21N5O3S/c1-3-16-8-11(9(2)15-16)21(19,20)17-6-4-5-10(7-17)12(18)14-13/h8,10H,3-7,13H2,1-2H3,(H,14,18)/t10-/m0/s1. The Balaban J connectivity index is 2.26. The molecule has 3 N–H and O–H groups in total. The summed E-state index contributed by atoms with van der Waals surface area (Å²) in [5.41, 5.74) is 2.57. The molecule has 0 saturated carbocycles. The van der Waals surface area contributed by atoms with E-state index in [0.29, 0.717) is 31.6 Å². The Morgan fingerprint density at radius 3 is 2.86 bits per heavy atom. The highest BCUT2D eigenvalue weighted by atomic mass is 32.2. The van der Waals surface area contributed by atoms with Crippen LogP contribution >= 0.6 is 0 Å². The van der Waals surface area contributed by atoms with E-state index in [2.05, 4.69) is 10.5 Å². The number of carbonyl (C=O) groups excluding carboxylic acids is 1. The highest BCUT2D eigenvalue weighted by Crippen LogP contribution is 2.25. The van der Waals surface area contributed by atoms with E-state index in [9.17, 15) is 13.2 Å². The maximum Gasteiger partial charge on any atom is 0.246 e. The molecule has 1 amide bonds. The van der Waals surface area contributed by atoms with Crippen LogP contribution in [0.15, 0.2) is 11.1 Å². The van der Waals surface area contributed by atoms with Crippen LogP contribution in [0.25, 0.3) is 0 Å². The molecule has 0 unspecified atom stereocenters. The van der Waals surface area contributed by atoms with Gasteiger partial charge in [0.25, 0.3) is 0 Å². The molecule has 0 radical (unpaired) electrons. The number of sulfonamides is 1. The molecule has 1 fully saturated rings. The molecule has 1 aromatic rings. The molecule has 2 heterocycles. The Labute approximate surface area is 124 Å². The number of rotatable bonds is 4. The zero-order chi connectivity index (χ0) is 15.6. The third-order valence-electron chi connectivity index (χ3n) is 3.74. The van der Waals surface area contributed by atoms with Gasteiger partial charge in [-0.3, -0.25) is 14.9 Å². The third-order valence-corrected chi connectivity index (χ3v) is 5.71. The second-order valence-electron chi connectivity index (χ2n) is 5.15. The highest BCUT2D eigenvalue weighted by molar-refractivity contribution is 7.89. The van der Waals surface area contributed by atoms with Gasteiger partial charge < -0.3 is 0 Å². The number of carbonyl (C=O) groups is 1. The van der Waals surface area contributed by atoms with Gasteiger partial charge in [0.15, 0.2) is 0 Å². The van der Waals surface area contributed by atoms with Crippen LogP contribution in [-0.4, -0.2) is 41.5 Å². The number of hydrogen-bond donors (Lipinski definition) is 2. The lowest BCUT2D eigenvalue weighted by molar-refractivity contribution is -0.126. The normalized spacial score (nSPS) is 20.4. The average Bonchev–Trinajstić information content (AvgIpc) is 2.88. The smallest absolute Gasteiger partial charge is 0.246 e. The Morgan fingerprint density at radius 2 is 2.29 bits per heavy atom. The number of nitrogens with zero attached hydrogens (tertiary/aromatic N) is 3. The fourth-order valence-corrected chi connectivity index (χ4v) is 4.24. The molecule has 1 aliphatic heterocycles. The molecule has 0 aromatic carbocycles. The van der Waals surface area contributed by atoms with E-state index >= 15 is 0 Å². The van der Waals surface area contributed by atoms with Gasteiger partial charge >= 0.3 is 0 Å². The molecule has 118 valence electrons. The first-order valence-electron chi connectivity index (χ1n) is 6.94. The quantitative estimate of drug-likeness (QED) is 0.446. The third kappa shape index (κ3) is 3.09. The van der Waals surface area contributed by atoms with Gasteiger partial charge in [0.1, 0.15) is 4.90 Å². The zero-order valence-electron chi connectivity index (χ0n) is 12.2. The average molecular weight is 315 g/mol. The van der Waals surface area contributed by atoms with E-state index in [1.54, 1.807) is 11.6 Å². The molecule has 1 atom stereocenters. The van der Waals surface area contributed by atoms with Crippen LogP contribution in [0.1, 0.15) is 25.5 Å². The zero-order valence-corrected chi connectivity index (χ0v) is 13.1. The summed E-state index contributed by atoms with van der Waals surface area (Å²) in [5.74, 6) is 4.41. The molecule has 9 heteroatoms. The minimum Gasteiger partial charge on any atom is -0.294 e. The maximum atomic E-state index is 12.7. The monoisotopic (exact) mass is 315 g/mol. The van der Waals surface area contributed by atoms with Gasteiger partial charge in [-0.15, -0.1) is 0 Å². The van der Waals surface area contributed by atoms with Gasteiger partial charge in [0.05, 0.1) is 11.6 Å². The van der Waals surface area contributed by atoms with Crippen molar-refractivity contribution in [2.24, 2.45) is 11.8 Å². The van der Waals surface area contributed by atoms with Gasteiger partial charge in [0.2, 0.25) is 15.9 Å². The number of hydrazine groups is 1. The summed E-state index contributed by atoms with van der Waals surface area (Å²) >= 11 is 0. The highest BCUT2D eigenvalue weighted by Gasteiger charge is 2.34. The lowest BCUT2D eigenvalue weighted by Crippen LogP contribution is -2.46. The lowest BCUT2D eigenvalue weighted by atomic mass is 9.99. The topological polar surface area (TPSA) is 110 Å². The number of aryl methyl sites for hydroxylation is 2. The molecular formula is C12H21N5O3S. The van der Waals surface area contributed by atoms with Crippen molar-refractivity contribution in [3.05, 3.63) is 11.9 Å². The summed E-state index contributed by atoms with van der Waals surface area (Å²) in [6.45, 7) is 4.74. The molecule has 0 spiro atoms. The summed E-state index contributed by atoms with van der Waals surface area (Å²) < 4.78 is 28.3. The molecule has 0 aliphatic carbocycles. The minimum absolute atomic E-state index is 0.155. The van der Waals surface area contributed by atoms with Gasteiger partial charge in [-0.25, -0.2) is 14.3 Å². The van der Waals surface area contributed by atoms with Crippen LogP contribution in [0.3, 0.4) is 0 Å². The predicted molar refractivity (Wildman–Crippen MR) is 76.5 cm³/mol. The first kappa shape index (κ1) is 15.9. The molecule has 8 nitrogen and oxygen atoms in total. The lowest BCUT2D eigenvalue weighted by Gasteiger charge is -2.30. The van der Waals surface area contributed by atoms with E-state index in [-0.39, 0.29) is 17.3 Å². The number of amides is 1. The second kappa shape index (κ2) is 6.12. The number of piperidine rings is 1. The SMILES string of the molecule is CCn1cc(S(=O)(=O)N2CCC[C@H](C(=O)NN)C2)c(C)n1. The summed E-state index contributed by atoms with van der Waals surface area (Å²) in [6, 6.07) is 0. The predicted octanol–water partition coefficient (Wildman–Crippen LogP) is -0.398. The Morgan fingerprint density at radius 1 is 1.57 bits per heavy atom. The molecule has 2 rings (SSSR count). The number of hydrogen-bond acceptors (Lipinski definition) is 5. The number of aromatic nitrogens is 2. The summed E-state index contributed by atoms with van der Waals surface area (Å²) in [6.07, 6.45) is 2.82. The Hall–Kier alpha value is -1.45. The van der Waals surface area contributed by atoms with Crippen molar-refractivity contribution in [3.63, 3.8) is 0 Å². The van der Waals surface area contributed by atoms with Crippen molar-refractivity contribution in [2.45, 2.75) is 38.1 Å². The van der Waals surface area contributed by atoms with E-state index < -0.39 is 15.9 Å². The largest absolute Gasteiger partial charge is 0.294 e. The van der Waals surface area contributed by atoms with Crippen LogP contribution in [0.4, 0.5) is 0 Å². The van der Waals surface area contributed by atoms with Crippen LogP contribution in [0.2, 0.25) is 0 Å². The van der Waals surface area contributed by atoms with Gasteiger partial charge in [0, 0.05) is 25.8 Å². The summed E-state index contributed by atoms with van der Waals surface area (Å²) in [4.78, 5) is 11.8. The first-order chi connectivity index (χ1) is 9.90. The summed E-state index contributed by atoms with van der Waals surface area (Å²) in [5, 5.41) is 4.17. The van der Waals surface area contributed by atoms with E-state index in [0.717, 1.165) is 0 Å². The van der Waals surface area contributed by atoms with Crippen LogP contribution in [0.5, 0.6) is 0 Å². The van der Waals surface area contributed by atoms with Gasteiger partial charge in [-0.1, -0.05) is 0 Å². The molecule has 21 heavy (non-hydrogen) atoms. The number of nitrogens with two attached hydrogens (primary N) is 1. The Kier molecular flexibility index (Phi) is 4.64. The fraction of sp³-hybridized carbons (Fsp3) is 0.667. The van der Waals surface area contributed by atoms with Crippen LogP contribution < -0.4 is 11.3 Å². The fourth-order valence-electron chi connectivity index (χ4n) is 2.55. The second-order valence-corrected chi connectivity index (χ2v) is 7.05. The van der Waals surface area contributed by atoms with Crippen molar-refractivity contribution in [2.75, 3.05) is 13.1 Å². The molecule has 1 saturated heterocycles. The first-order valence-corrected chi connectivity index (χ1v) is 8.38. The summed E-state index contributed by atoms with van der Waals surface area (Å²) in [7, 11) is -3.63. The van der Waals surface area contributed by atoms with E-state index in [1.165, 1.54) is 10.5 Å². The van der Waals surface area contributed by atoms with E-state index in [1.807, 2.05) is 6.92 Å². The van der Waals surface area contributed by atoms with Crippen molar-refractivity contribution in [1.82, 2.24) is 19.5 Å². The van der Waals surface area contributed by atoms with Gasteiger partial charge in [-0.05, 0) is 26.7 Å². The van der Waals surface area contributed by atoms with Gasteiger partial charge in [-0.2, -0.15) is 9.40 Å². The van der Waals surface area contributed by atoms with Crippen molar-refractivity contribution in [3.8, 4) is 0 Å².